The molecule has 3 aromatic rings. The molecule has 0 radical (unpaired) electrons. The molecule has 0 aromatic heterocycles. The van der Waals surface area contributed by atoms with E-state index in [2.05, 4.69) is 5.32 Å². The van der Waals surface area contributed by atoms with E-state index in [-0.39, 0.29) is 31.1 Å². The topological polar surface area (TPSA) is 67.9 Å². The molecule has 1 atom stereocenters. The second-order valence-corrected chi connectivity index (χ2v) is 8.24. The summed E-state index contributed by atoms with van der Waals surface area (Å²) in [5.41, 5.74) is 0.855. The molecule has 1 heterocycles. The highest BCUT2D eigenvalue weighted by Crippen LogP contribution is 2.27. The van der Waals surface area contributed by atoms with Crippen LogP contribution in [0.2, 0.25) is 0 Å². The van der Waals surface area contributed by atoms with Gasteiger partial charge in [0.15, 0.2) is 13.2 Å². The number of hydrogen-bond acceptors (Lipinski definition) is 4. The SMILES string of the molecule is CCC(NC(=O)COc1ccc2ccccc2c1)c1ccccc1OCC(=O)N1CCCC1. The van der Waals surface area contributed by atoms with E-state index in [9.17, 15) is 9.59 Å². The van der Waals surface area contributed by atoms with Gasteiger partial charge in [0, 0.05) is 18.7 Å². The van der Waals surface area contributed by atoms with Gasteiger partial charge in [0.1, 0.15) is 11.5 Å². The number of likely N-dealkylation sites (tertiary alicyclic amines) is 1. The molecule has 3 aromatic carbocycles. The molecule has 1 N–H and O–H groups in total. The fraction of sp³-hybridized carbons (Fsp3) is 0.333. The van der Waals surface area contributed by atoms with Crippen LogP contribution < -0.4 is 14.8 Å². The highest BCUT2D eigenvalue weighted by molar-refractivity contribution is 5.84. The third-order valence-corrected chi connectivity index (χ3v) is 5.94. The lowest BCUT2D eigenvalue weighted by molar-refractivity contribution is -0.132. The van der Waals surface area contributed by atoms with Crippen LogP contribution in [-0.2, 0) is 9.59 Å². The zero-order valence-electron chi connectivity index (χ0n) is 19.0. The quantitative estimate of drug-likeness (QED) is 0.526. The van der Waals surface area contributed by atoms with Gasteiger partial charge in [-0.05, 0) is 48.2 Å². The van der Waals surface area contributed by atoms with E-state index in [0.717, 1.165) is 42.3 Å². The summed E-state index contributed by atoms with van der Waals surface area (Å²) in [5.74, 6) is 1.06. The fourth-order valence-electron chi connectivity index (χ4n) is 4.14. The van der Waals surface area contributed by atoms with Crippen molar-refractivity contribution in [2.45, 2.75) is 32.2 Å². The summed E-state index contributed by atoms with van der Waals surface area (Å²) in [6.07, 6.45) is 2.78. The van der Waals surface area contributed by atoms with E-state index < -0.39 is 0 Å². The summed E-state index contributed by atoms with van der Waals surface area (Å²) in [6.45, 7) is 3.53. The van der Waals surface area contributed by atoms with Gasteiger partial charge in [-0.25, -0.2) is 0 Å². The summed E-state index contributed by atoms with van der Waals surface area (Å²) in [7, 11) is 0. The maximum Gasteiger partial charge on any atom is 0.260 e. The first-order valence-electron chi connectivity index (χ1n) is 11.5. The number of carbonyl (C=O) groups is 2. The Morgan fingerprint density at radius 1 is 0.909 bits per heavy atom. The number of nitrogens with zero attached hydrogens (tertiary/aromatic N) is 1. The number of fused-ring (bicyclic) bond motifs is 1. The average molecular weight is 447 g/mol. The van der Waals surface area contributed by atoms with Crippen LogP contribution in [0.1, 0.15) is 37.8 Å². The molecule has 1 unspecified atom stereocenters. The lowest BCUT2D eigenvalue weighted by Crippen LogP contribution is -2.34. The van der Waals surface area contributed by atoms with E-state index in [1.165, 1.54) is 0 Å². The van der Waals surface area contributed by atoms with Crippen molar-refractivity contribution in [2.75, 3.05) is 26.3 Å². The zero-order chi connectivity index (χ0) is 23.0. The summed E-state index contributed by atoms with van der Waals surface area (Å²) in [6, 6.07) is 21.1. The normalized spacial score (nSPS) is 14.2. The van der Waals surface area contributed by atoms with Gasteiger partial charge in [-0.1, -0.05) is 55.5 Å². The average Bonchev–Trinajstić information content (AvgIpc) is 3.40. The van der Waals surface area contributed by atoms with Gasteiger partial charge >= 0.3 is 0 Å². The molecule has 2 amide bonds. The summed E-state index contributed by atoms with van der Waals surface area (Å²) >= 11 is 0. The first kappa shape index (κ1) is 22.6. The molecule has 1 fully saturated rings. The molecule has 0 aliphatic carbocycles. The smallest absolute Gasteiger partial charge is 0.260 e. The van der Waals surface area contributed by atoms with Crippen molar-refractivity contribution in [3.63, 3.8) is 0 Å². The maximum atomic E-state index is 12.6. The highest BCUT2D eigenvalue weighted by atomic mass is 16.5. The minimum Gasteiger partial charge on any atom is -0.484 e. The number of nitrogens with one attached hydrogen (secondary N) is 1. The molecule has 1 aliphatic heterocycles. The molecular weight excluding hydrogens is 416 g/mol. The van der Waals surface area contributed by atoms with E-state index >= 15 is 0 Å². The molecule has 1 aliphatic rings. The Hall–Kier alpha value is -3.54. The number of ether oxygens (including phenoxy) is 2. The number of amides is 2. The second kappa shape index (κ2) is 10.9. The molecule has 4 rings (SSSR count). The van der Waals surface area contributed by atoms with E-state index in [0.29, 0.717) is 17.9 Å². The predicted molar refractivity (Wildman–Crippen MR) is 128 cm³/mol. The second-order valence-electron chi connectivity index (χ2n) is 8.24. The number of hydrogen-bond donors (Lipinski definition) is 1. The minimum absolute atomic E-state index is 0.00294. The predicted octanol–water partition coefficient (Wildman–Crippen LogP) is 4.49. The van der Waals surface area contributed by atoms with Crippen LogP contribution in [0.3, 0.4) is 0 Å². The monoisotopic (exact) mass is 446 g/mol. The Balaban J connectivity index is 1.35. The highest BCUT2D eigenvalue weighted by Gasteiger charge is 2.21. The lowest BCUT2D eigenvalue weighted by Gasteiger charge is -2.22. The van der Waals surface area contributed by atoms with Crippen LogP contribution in [0.25, 0.3) is 10.8 Å². The molecule has 0 spiro atoms. The number of rotatable bonds is 9. The van der Waals surface area contributed by atoms with Crippen LogP contribution >= 0.6 is 0 Å². The van der Waals surface area contributed by atoms with Crippen molar-refractivity contribution in [1.82, 2.24) is 10.2 Å². The van der Waals surface area contributed by atoms with Gasteiger partial charge in [0.05, 0.1) is 6.04 Å². The Morgan fingerprint density at radius 3 is 2.42 bits per heavy atom. The van der Waals surface area contributed by atoms with Crippen molar-refractivity contribution in [2.24, 2.45) is 0 Å². The van der Waals surface area contributed by atoms with Crippen molar-refractivity contribution >= 4 is 22.6 Å². The number of benzene rings is 3. The Bertz CT molecular complexity index is 1110. The third-order valence-electron chi connectivity index (χ3n) is 5.94. The molecule has 6 nitrogen and oxygen atoms in total. The maximum absolute atomic E-state index is 12.6. The summed E-state index contributed by atoms with van der Waals surface area (Å²) < 4.78 is 11.6. The third kappa shape index (κ3) is 5.83. The van der Waals surface area contributed by atoms with Crippen LogP contribution in [0.15, 0.2) is 66.7 Å². The van der Waals surface area contributed by atoms with Gasteiger partial charge in [0.2, 0.25) is 0 Å². The van der Waals surface area contributed by atoms with Crippen LogP contribution in [0.4, 0.5) is 0 Å². The van der Waals surface area contributed by atoms with Gasteiger partial charge in [-0.3, -0.25) is 9.59 Å². The molecule has 6 heteroatoms. The minimum atomic E-state index is -0.240. The van der Waals surface area contributed by atoms with E-state index in [1.54, 1.807) is 0 Å². The molecule has 33 heavy (non-hydrogen) atoms. The number of para-hydroxylation sites is 1. The van der Waals surface area contributed by atoms with Gasteiger partial charge in [-0.15, -0.1) is 0 Å². The first-order chi connectivity index (χ1) is 16.1. The van der Waals surface area contributed by atoms with Crippen molar-refractivity contribution < 1.29 is 19.1 Å². The summed E-state index contributed by atoms with van der Waals surface area (Å²) in [4.78, 5) is 26.8. The lowest BCUT2D eigenvalue weighted by atomic mass is 10.0. The van der Waals surface area contributed by atoms with Crippen LogP contribution in [0, 0.1) is 0 Å². The van der Waals surface area contributed by atoms with E-state index in [4.69, 9.17) is 9.47 Å². The molecule has 0 bridgehead atoms. The molecule has 0 saturated carbocycles. The van der Waals surface area contributed by atoms with Crippen LogP contribution in [-0.4, -0.2) is 43.0 Å². The van der Waals surface area contributed by atoms with E-state index in [1.807, 2.05) is 78.6 Å². The van der Waals surface area contributed by atoms with Crippen molar-refractivity contribution in [1.29, 1.82) is 0 Å². The standard InChI is InChI=1S/C27H30N2O4/c1-2-24(23-11-5-6-12-25(23)33-19-27(31)29-15-7-8-16-29)28-26(30)18-32-22-14-13-20-9-3-4-10-21(20)17-22/h3-6,9-14,17,24H,2,7-8,15-16,18-19H2,1H3,(H,28,30). The molecular formula is C27H30N2O4. The fourth-order valence-corrected chi connectivity index (χ4v) is 4.14. The van der Waals surface area contributed by atoms with Crippen LogP contribution in [0.5, 0.6) is 11.5 Å². The first-order valence-corrected chi connectivity index (χ1v) is 11.5. The van der Waals surface area contributed by atoms with Gasteiger partial charge < -0.3 is 19.7 Å². The zero-order valence-corrected chi connectivity index (χ0v) is 19.0. The molecule has 1 saturated heterocycles. The molecule has 172 valence electrons. The summed E-state index contributed by atoms with van der Waals surface area (Å²) in [5, 5.41) is 5.23. The largest absolute Gasteiger partial charge is 0.484 e. The van der Waals surface area contributed by atoms with Crippen molar-refractivity contribution in [3.8, 4) is 11.5 Å². The Morgan fingerprint density at radius 2 is 1.64 bits per heavy atom. The Labute approximate surface area is 194 Å². The number of carbonyl (C=O) groups excluding carboxylic acids is 2. The van der Waals surface area contributed by atoms with Crippen molar-refractivity contribution in [3.05, 3.63) is 72.3 Å². The Kier molecular flexibility index (Phi) is 7.45. The van der Waals surface area contributed by atoms with Gasteiger partial charge in [-0.2, -0.15) is 0 Å². The van der Waals surface area contributed by atoms with Gasteiger partial charge in [0.25, 0.3) is 11.8 Å².